The molecule has 4 nitrogen and oxygen atoms in total. The number of halogens is 1. The Bertz CT molecular complexity index is 494. The molecule has 104 valence electrons. The van der Waals surface area contributed by atoms with Crippen LogP contribution in [0.25, 0.3) is 0 Å². The number of carboxylic acid groups (broad SMARTS) is 1. The molecule has 0 unspecified atom stereocenters. The van der Waals surface area contributed by atoms with Crippen molar-refractivity contribution >= 4 is 34.5 Å². The van der Waals surface area contributed by atoms with Crippen LogP contribution in [0.4, 0.5) is 0 Å². The number of rotatable bonds is 5. The summed E-state index contributed by atoms with van der Waals surface area (Å²) in [4.78, 5) is 23.3. The Morgan fingerprint density at radius 1 is 1.37 bits per heavy atom. The smallest absolute Gasteiger partial charge is 0.339 e. The van der Waals surface area contributed by atoms with E-state index in [1.54, 1.807) is 13.0 Å². The van der Waals surface area contributed by atoms with Crippen molar-refractivity contribution in [1.29, 1.82) is 0 Å². The number of esters is 1. The number of carboxylic acids is 1. The number of aromatic carboxylic acids is 1. The van der Waals surface area contributed by atoms with Gasteiger partial charge in [-0.15, -0.1) is 0 Å². The lowest BCUT2D eigenvalue weighted by Crippen LogP contribution is -2.16. The van der Waals surface area contributed by atoms with Gasteiger partial charge in [-0.25, -0.2) is 9.59 Å². The summed E-state index contributed by atoms with van der Waals surface area (Å²) in [6.45, 7) is 5.95. The first-order chi connectivity index (χ1) is 8.88. The van der Waals surface area contributed by atoms with Crippen LogP contribution in [0.3, 0.4) is 0 Å². The summed E-state index contributed by atoms with van der Waals surface area (Å²) in [5.74, 6) is -1.36. The van der Waals surface area contributed by atoms with Gasteiger partial charge in [0.2, 0.25) is 0 Å². The maximum absolute atomic E-state index is 11.8. The van der Waals surface area contributed by atoms with E-state index in [-0.39, 0.29) is 17.7 Å². The molecule has 1 aromatic carbocycles. The van der Waals surface area contributed by atoms with Gasteiger partial charge in [-0.1, -0.05) is 13.8 Å². The maximum Gasteiger partial charge on any atom is 0.339 e. The van der Waals surface area contributed by atoms with Gasteiger partial charge in [-0.05, 0) is 59.5 Å². The molecule has 5 heteroatoms. The summed E-state index contributed by atoms with van der Waals surface area (Å²) in [6, 6.07) is 3.28. The van der Waals surface area contributed by atoms with Gasteiger partial charge >= 0.3 is 11.9 Å². The molecule has 0 atom stereocenters. The van der Waals surface area contributed by atoms with E-state index in [1.165, 1.54) is 6.07 Å². The van der Waals surface area contributed by atoms with E-state index in [4.69, 9.17) is 4.74 Å². The number of hydrogen-bond acceptors (Lipinski definition) is 3. The van der Waals surface area contributed by atoms with Crippen LogP contribution in [0.1, 0.15) is 47.1 Å². The third-order valence-corrected chi connectivity index (χ3v) is 3.59. The highest BCUT2D eigenvalue weighted by Gasteiger charge is 2.23. The molecule has 1 aromatic rings. The topological polar surface area (TPSA) is 63.6 Å². The Hall–Kier alpha value is -1.11. The summed E-state index contributed by atoms with van der Waals surface area (Å²) < 4.78 is 5.77. The number of benzene rings is 1. The highest BCUT2D eigenvalue weighted by Crippen LogP contribution is 2.25. The van der Waals surface area contributed by atoms with Crippen molar-refractivity contribution in [3.05, 3.63) is 32.4 Å². The van der Waals surface area contributed by atoms with Crippen LogP contribution >= 0.6 is 22.6 Å². The fraction of sp³-hybridized carbons (Fsp3) is 0.429. The van der Waals surface area contributed by atoms with Gasteiger partial charge in [-0.2, -0.15) is 0 Å². The largest absolute Gasteiger partial charge is 0.478 e. The molecule has 0 fully saturated rings. The minimum atomic E-state index is -1.09. The lowest BCUT2D eigenvalue weighted by molar-refractivity contribution is 0.0514. The van der Waals surface area contributed by atoms with Gasteiger partial charge in [0.25, 0.3) is 0 Å². The van der Waals surface area contributed by atoms with Crippen molar-refractivity contribution in [3.63, 3.8) is 0 Å². The lowest BCUT2D eigenvalue weighted by Gasteiger charge is -2.14. The maximum atomic E-state index is 11.8. The predicted octanol–water partition coefficient (Wildman–Crippen LogP) is 3.36. The minimum Gasteiger partial charge on any atom is -0.478 e. The molecule has 0 aromatic heterocycles. The van der Waals surface area contributed by atoms with Crippen LogP contribution in [0.2, 0.25) is 0 Å². The highest BCUT2D eigenvalue weighted by molar-refractivity contribution is 14.1. The van der Waals surface area contributed by atoms with Crippen molar-refractivity contribution in [2.45, 2.75) is 27.2 Å². The molecule has 0 aliphatic heterocycles. The van der Waals surface area contributed by atoms with E-state index < -0.39 is 11.9 Å². The molecule has 0 saturated heterocycles. The summed E-state index contributed by atoms with van der Waals surface area (Å²) in [5, 5.41) is 9.39. The second kappa shape index (κ2) is 6.88. The Morgan fingerprint density at radius 2 is 2.00 bits per heavy atom. The Kier molecular flexibility index (Phi) is 5.78. The van der Waals surface area contributed by atoms with Crippen LogP contribution in [-0.4, -0.2) is 23.7 Å². The molecule has 0 amide bonds. The Balaban J connectivity index is 3.40. The molecule has 0 spiro atoms. The van der Waals surface area contributed by atoms with Crippen LogP contribution in [0.15, 0.2) is 12.1 Å². The monoisotopic (exact) mass is 376 g/mol. The van der Waals surface area contributed by atoms with Crippen molar-refractivity contribution in [3.8, 4) is 0 Å². The summed E-state index contributed by atoms with van der Waals surface area (Å²) in [6.07, 6.45) is 0.618. The average Bonchev–Trinajstić information content (AvgIpc) is 2.30. The zero-order valence-electron chi connectivity index (χ0n) is 11.2. The molecular formula is C14H17IO4. The molecular weight excluding hydrogens is 359 g/mol. The van der Waals surface area contributed by atoms with Crippen LogP contribution in [0.5, 0.6) is 0 Å². The van der Waals surface area contributed by atoms with Crippen molar-refractivity contribution in [2.75, 3.05) is 6.61 Å². The molecule has 1 N–H and O–H groups in total. The number of hydrogen-bond donors (Lipinski definition) is 1. The second-order valence-electron chi connectivity index (χ2n) is 4.57. The van der Waals surface area contributed by atoms with Crippen LogP contribution < -0.4 is 0 Å². The zero-order chi connectivity index (χ0) is 14.6. The van der Waals surface area contributed by atoms with E-state index >= 15 is 0 Å². The van der Waals surface area contributed by atoms with E-state index in [2.05, 4.69) is 22.6 Å². The molecule has 0 aliphatic rings. The standard InChI is InChI=1S/C14H17IO4/c1-4-19-14(18)9-5-6-11(15)10(7-8(2)3)12(9)13(16)17/h5-6,8H,4,7H2,1-3H3,(H,16,17). The van der Waals surface area contributed by atoms with Crippen LogP contribution in [0, 0.1) is 9.49 Å². The van der Waals surface area contributed by atoms with E-state index in [0.717, 1.165) is 3.57 Å². The van der Waals surface area contributed by atoms with Crippen molar-refractivity contribution < 1.29 is 19.4 Å². The first-order valence-electron chi connectivity index (χ1n) is 6.10. The van der Waals surface area contributed by atoms with Gasteiger partial charge in [0, 0.05) is 3.57 Å². The Morgan fingerprint density at radius 3 is 2.47 bits per heavy atom. The fourth-order valence-electron chi connectivity index (χ4n) is 1.85. The quantitative estimate of drug-likeness (QED) is 0.632. The minimum absolute atomic E-state index is 0.0686. The van der Waals surface area contributed by atoms with Gasteiger partial charge in [0.1, 0.15) is 0 Å². The van der Waals surface area contributed by atoms with Gasteiger partial charge in [-0.3, -0.25) is 0 Å². The van der Waals surface area contributed by atoms with Gasteiger partial charge < -0.3 is 9.84 Å². The van der Waals surface area contributed by atoms with E-state index in [1.807, 2.05) is 13.8 Å². The van der Waals surface area contributed by atoms with Gasteiger partial charge in [0.15, 0.2) is 0 Å². The predicted molar refractivity (Wildman–Crippen MR) is 80.6 cm³/mol. The highest BCUT2D eigenvalue weighted by atomic mass is 127. The summed E-state index contributed by atoms with van der Waals surface area (Å²) in [7, 11) is 0. The first-order valence-corrected chi connectivity index (χ1v) is 7.18. The summed E-state index contributed by atoms with van der Waals surface area (Å²) >= 11 is 2.10. The van der Waals surface area contributed by atoms with Gasteiger partial charge in [0.05, 0.1) is 17.7 Å². The fourth-order valence-corrected chi connectivity index (χ4v) is 2.52. The van der Waals surface area contributed by atoms with E-state index in [0.29, 0.717) is 17.9 Å². The molecule has 0 bridgehead atoms. The molecule has 0 saturated carbocycles. The number of carbonyl (C=O) groups is 2. The first kappa shape index (κ1) is 15.9. The SMILES string of the molecule is CCOC(=O)c1ccc(I)c(CC(C)C)c1C(=O)O. The molecule has 0 aliphatic carbocycles. The third-order valence-electron chi connectivity index (χ3n) is 2.58. The lowest BCUT2D eigenvalue weighted by atomic mass is 9.94. The van der Waals surface area contributed by atoms with E-state index in [9.17, 15) is 14.7 Å². The Labute approximate surface area is 126 Å². The molecule has 1 rings (SSSR count). The normalized spacial score (nSPS) is 10.6. The number of ether oxygens (including phenoxy) is 1. The van der Waals surface area contributed by atoms with Crippen molar-refractivity contribution in [2.24, 2.45) is 5.92 Å². The second-order valence-corrected chi connectivity index (χ2v) is 5.73. The number of carbonyl (C=O) groups excluding carboxylic acids is 1. The molecule has 19 heavy (non-hydrogen) atoms. The molecule has 0 heterocycles. The van der Waals surface area contributed by atoms with Crippen molar-refractivity contribution in [1.82, 2.24) is 0 Å². The zero-order valence-corrected chi connectivity index (χ0v) is 13.4. The molecule has 0 radical (unpaired) electrons. The average molecular weight is 376 g/mol. The summed E-state index contributed by atoms with van der Waals surface area (Å²) in [5.41, 5.74) is 0.901. The third kappa shape index (κ3) is 3.92. The van der Waals surface area contributed by atoms with Crippen LogP contribution in [-0.2, 0) is 11.2 Å².